The van der Waals surface area contributed by atoms with Gasteiger partial charge in [-0.05, 0) is 198 Å². The zero-order valence-corrected chi connectivity index (χ0v) is 76.4. The molecule has 0 atom stereocenters. The molecule has 0 spiro atoms. The van der Waals surface area contributed by atoms with Gasteiger partial charge in [0.1, 0.15) is 74.7 Å². The lowest BCUT2D eigenvalue weighted by molar-refractivity contribution is 0.274. The van der Waals surface area contributed by atoms with Crippen molar-refractivity contribution in [2.45, 2.75) is 99.0 Å². The van der Waals surface area contributed by atoms with E-state index >= 15 is 0 Å². The normalized spacial score (nSPS) is 9.60. The molecule has 12 rings (SSSR count). The van der Waals surface area contributed by atoms with Crippen LogP contribution in [0.15, 0.2) is 323 Å². The first-order chi connectivity index (χ1) is 58.6. The summed E-state index contributed by atoms with van der Waals surface area (Å²) in [6, 6.07) is 97.5. The summed E-state index contributed by atoms with van der Waals surface area (Å²) in [4.78, 5) is 0. The molecular formula is C106H136O15. The van der Waals surface area contributed by atoms with Gasteiger partial charge in [0.15, 0.2) is 0 Å². The largest absolute Gasteiger partial charge is 0.497 e. The third kappa shape index (κ3) is 41.1. The van der Waals surface area contributed by atoms with Crippen molar-refractivity contribution in [1.82, 2.24) is 0 Å². The van der Waals surface area contributed by atoms with Crippen molar-refractivity contribution in [2.75, 3.05) is 107 Å². The molecule has 0 bridgehead atoms. The maximum Gasteiger partial charge on any atom is 0.124 e. The van der Waals surface area contributed by atoms with Crippen molar-refractivity contribution < 1.29 is 71.4 Å². The van der Waals surface area contributed by atoms with Crippen LogP contribution < -0.4 is 61.6 Å². The minimum Gasteiger partial charge on any atom is -0.497 e. The molecule has 12 aromatic carbocycles. The molecule has 0 aliphatic rings. The van der Waals surface area contributed by atoms with Gasteiger partial charge in [-0.15, -0.1) is 13.2 Å². The highest BCUT2D eigenvalue weighted by Gasteiger charge is 2.26. The van der Waals surface area contributed by atoms with E-state index in [2.05, 4.69) is 137 Å². The molecule has 15 nitrogen and oxygen atoms in total. The maximum absolute atomic E-state index is 8.77. The third-order valence-corrected chi connectivity index (χ3v) is 17.9. The Morgan fingerprint density at radius 3 is 0.769 bits per heavy atom. The van der Waals surface area contributed by atoms with Gasteiger partial charge in [0, 0.05) is 36.7 Å². The second-order valence-electron chi connectivity index (χ2n) is 26.4. The van der Waals surface area contributed by atoms with Gasteiger partial charge in [0.05, 0.1) is 99.0 Å². The van der Waals surface area contributed by atoms with Crippen LogP contribution in [-0.2, 0) is 41.4 Å². The van der Waals surface area contributed by atoms with E-state index in [0.29, 0.717) is 0 Å². The van der Waals surface area contributed by atoms with Gasteiger partial charge in [-0.1, -0.05) is 237 Å². The highest BCUT2D eigenvalue weighted by molar-refractivity contribution is 5.49. The number of hydrogen-bond acceptors (Lipinski definition) is 15. The molecule has 0 aliphatic heterocycles. The molecule has 121 heavy (non-hydrogen) atoms. The lowest BCUT2D eigenvalue weighted by Gasteiger charge is -2.28. The van der Waals surface area contributed by atoms with E-state index in [4.69, 9.17) is 66.7 Å². The van der Waals surface area contributed by atoms with Gasteiger partial charge in [0.2, 0.25) is 0 Å². The molecule has 0 fully saturated rings. The Morgan fingerprint density at radius 2 is 0.496 bits per heavy atom. The predicted molar refractivity (Wildman–Crippen MR) is 504 cm³/mol. The van der Waals surface area contributed by atoms with E-state index in [9.17, 15) is 0 Å². The van der Waals surface area contributed by atoms with Crippen LogP contribution in [0.4, 0.5) is 0 Å². The summed E-state index contributed by atoms with van der Waals surface area (Å²) in [7, 11) is 24.8. The fourth-order valence-electron chi connectivity index (χ4n) is 10.9. The summed E-state index contributed by atoms with van der Waals surface area (Å²) < 4.78 is 70.3. The van der Waals surface area contributed by atoms with E-state index in [1.165, 1.54) is 38.9 Å². The standard InChI is InChI=1S/C23H28O2.C17H20O.C15H16O2.3C8H10O2.3C7H8O.C2H6O.2C2H6/c1-7-9-17-15-19(11-13-21(17)24-5)23(3,4)20-12-14-22(25-6)18(16-20)10-8-2;1-13-5-7-14(8-6-13)17(2,3)15-9-11-16(18-4)12-10-15;1-16-14-7-3-12(4-8-14)11-13-5-9-15(17-2)10-6-13;1-9-7-3-5-8(10-2)6-4-7;1-9-7-4-3-5-8(6-7)10-2;1-10-8-5-3-2-4-7(8)6-9;3*1-8-7-5-3-2-4-6-7;1-3-2;2*1-2/h7-8,11-16H,1-2,9-10H2,3-6H3;5-12H,1-4H3;3-10H,11H2,1-2H3;2*3-6H,1-2H3;2-5,9H,6H2,1H3;3*2-6H,1H3;1-2H3;2*1-2H3. The molecule has 0 aliphatic carbocycles. The summed E-state index contributed by atoms with van der Waals surface area (Å²) in [6.45, 7) is 26.8. The number of para-hydroxylation sites is 4. The quantitative estimate of drug-likeness (QED) is 0.0571. The number of allylic oxidation sites excluding steroid dienone is 2. The number of aliphatic hydroxyl groups is 1. The van der Waals surface area contributed by atoms with E-state index < -0.39 is 0 Å². The molecule has 1 N–H and O–H groups in total. The number of aryl methyl sites for hydroxylation is 1. The number of rotatable bonds is 24. The van der Waals surface area contributed by atoms with Gasteiger partial charge in [-0.3, -0.25) is 0 Å². The van der Waals surface area contributed by atoms with E-state index in [1.807, 2.05) is 252 Å². The Morgan fingerprint density at radius 1 is 0.256 bits per heavy atom. The topological polar surface area (TPSA) is 149 Å². The van der Waals surface area contributed by atoms with Crippen LogP contribution in [0.25, 0.3) is 0 Å². The van der Waals surface area contributed by atoms with Crippen molar-refractivity contribution in [1.29, 1.82) is 0 Å². The van der Waals surface area contributed by atoms with E-state index in [1.54, 1.807) is 107 Å². The van der Waals surface area contributed by atoms with Crippen LogP contribution >= 0.6 is 0 Å². The average molecular weight is 1650 g/mol. The first-order valence-electron chi connectivity index (χ1n) is 40.0. The minimum atomic E-state index is -0.135. The third-order valence-electron chi connectivity index (χ3n) is 17.9. The molecule has 0 saturated carbocycles. The van der Waals surface area contributed by atoms with Gasteiger partial charge >= 0.3 is 0 Å². The summed E-state index contributed by atoms with van der Waals surface area (Å²) >= 11 is 0. The summed E-state index contributed by atoms with van der Waals surface area (Å²) in [5, 5.41) is 8.77. The molecule has 0 amide bonds. The van der Waals surface area contributed by atoms with Crippen LogP contribution in [0.2, 0.25) is 0 Å². The van der Waals surface area contributed by atoms with Crippen molar-refractivity contribution in [3.05, 3.63) is 378 Å². The lowest BCUT2D eigenvalue weighted by atomic mass is 9.77. The van der Waals surface area contributed by atoms with Gasteiger partial charge < -0.3 is 71.4 Å². The Kier molecular flexibility index (Phi) is 56.7. The number of hydrogen-bond donors (Lipinski definition) is 1. The molecule has 0 radical (unpaired) electrons. The van der Waals surface area contributed by atoms with Crippen LogP contribution in [-0.4, -0.2) is 112 Å². The fourth-order valence-corrected chi connectivity index (χ4v) is 10.9. The van der Waals surface area contributed by atoms with E-state index in [-0.39, 0.29) is 17.4 Å². The predicted octanol–water partition coefficient (Wildman–Crippen LogP) is 25.1. The number of methoxy groups -OCH3 is 14. The van der Waals surface area contributed by atoms with Crippen LogP contribution in [0, 0.1) is 6.92 Å². The number of aliphatic hydroxyl groups excluding tert-OH is 1. The van der Waals surface area contributed by atoms with Crippen LogP contribution in [0.1, 0.15) is 111 Å². The smallest absolute Gasteiger partial charge is 0.124 e. The summed E-state index contributed by atoms with van der Waals surface area (Å²) in [6.07, 6.45) is 6.32. The summed E-state index contributed by atoms with van der Waals surface area (Å²) in [5.41, 5.74) is 12.0. The molecule has 0 saturated heterocycles. The number of benzene rings is 12. The second-order valence-corrected chi connectivity index (χ2v) is 26.4. The Labute approximate surface area is 726 Å². The Bertz CT molecular complexity index is 4290. The maximum atomic E-state index is 8.77. The molecule has 650 valence electrons. The van der Waals surface area contributed by atoms with Crippen molar-refractivity contribution in [2.24, 2.45) is 0 Å². The molecule has 0 heterocycles. The zero-order valence-electron chi connectivity index (χ0n) is 76.4. The highest BCUT2D eigenvalue weighted by Crippen LogP contribution is 2.37. The first-order valence-corrected chi connectivity index (χ1v) is 40.0. The van der Waals surface area contributed by atoms with Crippen molar-refractivity contribution in [3.8, 4) is 74.7 Å². The van der Waals surface area contributed by atoms with Crippen molar-refractivity contribution >= 4 is 0 Å². The first kappa shape index (κ1) is 106. The number of ether oxygens (including phenoxy) is 14. The highest BCUT2D eigenvalue weighted by atomic mass is 16.5. The summed E-state index contributed by atoms with van der Waals surface area (Å²) in [5.74, 6) is 11.3. The molecular weight excluding hydrogens is 1510 g/mol. The lowest BCUT2D eigenvalue weighted by Crippen LogP contribution is -2.19. The fraction of sp³-hybridized carbons (Fsp3) is 0.283. The van der Waals surface area contributed by atoms with Gasteiger partial charge in [-0.25, -0.2) is 0 Å². The molecule has 15 heteroatoms. The minimum absolute atomic E-state index is 0.0139. The Hall–Kier alpha value is -12.6. The molecule has 0 aromatic heterocycles. The van der Waals surface area contributed by atoms with Crippen LogP contribution in [0.5, 0.6) is 74.7 Å². The van der Waals surface area contributed by atoms with E-state index in [0.717, 1.165) is 111 Å². The SMILES string of the molecule is C=CCc1cc(C(C)(C)c2ccc(OC)c(CC=C)c2)ccc1OC.CC.CC.COC.COc1ccc(C(C)(C)c2ccc(C)cc2)cc1.COc1ccc(Cc2ccc(OC)cc2)cc1.COc1ccc(OC)cc1.COc1cccc(OC)c1.COc1ccccc1.COc1ccccc1.COc1ccccc1.COc1ccccc1CO. The Balaban J connectivity index is 0.000000693. The van der Waals surface area contributed by atoms with Crippen molar-refractivity contribution in [3.63, 3.8) is 0 Å². The molecule has 12 aromatic rings. The van der Waals surface area contributed by atoms with Gasteiger partial charge in [-0.2, -0.15) is 0 Å². The van der Waals surface area contributed by atoms with Gasteiger partial charge in [0.25, 0.3) is 0 Å². The molecule has 0 unspecified atom stereocenters. The van der Waals surface area contributed by atoms with Crippen LogP contribution in [0.3, 0.4) is 0 Å². The zero-order chi connectivity index (χ0) is 90.1. The average Bonchev–Trinajstić information content (AvgIpc) is 0.786. The second kappa shape index (κ2) is 64.4. The monoisotopic (exact) mass is 1650 g/mol.